The lowest BCUT2D eigenvalue weighted by molar-refractivity contribution is 0.353. The van der Waals surface area contributed by atoms with Crippen molar-refractivity contribution < 1.29 is 14.2 Å². The summed E-state index contributed by atoms with van der Waals surface area (Å²) in [6.45, 7) is 0. The molecule has 26 heavy (non-hydrogen) atoms. The normalized spacial score (nSPS) is 10.7. The molecule has 6 nitrogen and oxygen atoms in total. The number of nitrogens with two attached hydrogens (primary N) is 1. The first kappa shape index (κ1) is 18.1. The van der Waals surface area contributed by atoms with E-state index in [0.717, 1.165) is 27.0 Å². The van der Waals surface area contributed by atoms with Crippen LogP contribution in [0.3, 0.4) is 0 Å². The van der Waals surface area contributed by atoms with Crippen molar-refractivity contribution in [3.8, 4) is 39.8 Å². The van der Waals surface area contributed by atoms with E-state index >= 15 is 0 Å². The number of aryl methyl sites for hydroxylation is 1. The second kappa shape index (κ2) is 7.29. The van der Waals surface area contributed by atoms with Crippen LogP contribution in [-0.4, -0.2) is 30.9 Å². The topological polar surface area (TPSA) is 71.5 Å². The molecular formula is C19H20BrN3O3. The molecule has 0 fully saturated rings. The molecule has 0 bridgehead atoms. The van der Waals surface area contributed by atoms with Gasteiger partial charge in [-0.05, 0) is 46.3 Å². The summed E-state index contributed by atoms with van der Waals surface area (Å²) < 4.78 is 18.8. The van der Waals surface area contributed by atoms with E-state index in [1.165, 1.54) is 0 Å². The summed E-state index contributed by atoms with van der Waals surface area (Å²) in [6.07, 6.45) is 1.77. The maximum absolute atomic E-state index is 6.09. The Morgan fingerprint density at radius 2 is 1.69 bits per heavy atom. The Morgan fingerprint density at radius 3 is 2.31 bits per heavy atom. The number of hydrogen-bond acceptors (Lipinski definition) is 5. The number of hydrogen-bond donors (Lipinski definition) is 1. The molecule has 0 radical (unpaired) electrons. The fraction of sp³-hybridized carbons (Fsp3) is 0.211. The molecule has 2 N–H and O–H groups in total. The van der Waals surface area contributed by atoms with E-state index in [1.54, 1.807) is 27.7 Å². The number of aromatic nitrogens is 2. The largest absolute Gasteiger partial charge is 0.495 e. The van der Waals surface area contributed by atoms with Crippen LogP contribution in [0.2, 0.25) is 0 Å². The smallest absolute Gasteiger partial charge is 0.174 e. The minimum absolute atomic E-state index is 0.575. The van der Waals surface area contributed by atoms with Gasteiger partial charge in [0.25, 0.3) is 0 Å². The molecule has 3 rings (SSSR count). The molecule has 7 heteroatoms. The average Bonchev–Trinajstić information content (AvgIpc) is 3.02. The number of rotatable bonds is 5. The molecule has 136 valence electrons. The van der Waals surface area contributed by atoms with E-state index in [9.17, 15) is 0 Å². The summed E-state index contributed by atoms with van der Waals surface area (Å²) in [7, 11) is 6.76. The van der Waals surface area contributed by atoms with Crippen molar-refractivity contribution in [1.82, 2.24) is 9.55 Å². The van der Waals surface area contributed by atoms with Gasteiger partial charge in [0.15, 0.2) is 11.5 Å². The summed E-state index contributed by atoms with van der Waals surface area (Å²) in [4.78, 5) is 4.58. The molecule has 0 aliphatic carbocycles. The molecule has 1 aromatic heterocycles. The Kier molecular flexibility index (Phi) is 5.08. The zero-order valence-corrected chi connectivity index (χ0v) is 16.6. The third kappa shape index (κ3) is 3.10. The Labute approximate surface area is 160 Å². The maximum Gasteiger partial charge on any atom is 0.174 e. The fourth-order valence-electron chi connectivity index (χ4n) is 2.92. The molecular weight excluding hydrogens is 398 g/mol. The van der Waals surface area contributed by atoms with E-state index in [4.69, 9.17) is 19.9 Å². The van der Waals surface area contributed by atoms with Crippen LogP contribution in [0, 0.1) is 0 Å². The van der Waals surface area contributed by atoms with Crippen molar-refractivity contribution in [3.63, 3.8) is 0 Å². The van der Waals surface area contributed by atoms with Crippen LogP contribution in [0.1, 0.15) is 0 Å². The van der Waals surface area contributed by atoms with E-state index < -0.39 is 0 Å². The van der Waals surface area contributed by atoms with Crippen molar-refractivity contribution in [2.24, 2.45) is 7.05 Å². The van der Waals surface area contributed by atoms with Crippen molar-refractivity contribution >= 4 is 21.6 Å². The molecule has 0 aliphatic heterocycles. The van der Waals surface area contributed by atoms with E-state index in [-0.39, 0.29) is 0 Å². The lowest BCUT2D eigenvalue weighted by Gasteiger charge is -2.13. The highest BCUT2D eigenvalue weighted by atomic mass is 79.9. The van der Waals surface area contributed by atoms with Gasteiger partial charge >= 0.3 is 0 Å². The number of methoxy groups -OCH3 is 3. The third-order valence-electron chi connectivity index (χ3n) is 4.15. The molecule has 0 atom stereocenters. The number of imidazole rings is 1. The van der Waals surface area contributed by atoms with Crippen molar-refractivity contribution in [1.29, 1.82) is 0 Å². The molecule has 0 saturated heterocycles. The van der Waals surface area contributed by atoms with Crippen LogP contribution in [0.5, 0.6) is 17.2 Å². The van der Waals surface area contributed by atoms with Gasteiger partial charge in [-0.2, -0.15) is 0 Å². The van der Waals surface area contributed by atoms with Gasteiger partial charge < -0.3 is 24.5 Å². The van der Waals surface area contributed by atoms with Gasteiger partial charge in [-0.1, -0.05) is 0 Å². The summed E-state index contributed by atoms with van der Waals surface area (Å²) >= 11 is 3.54. The molecule has 0 aliphatic rings. The van der Waals surface area contributed by atoms with E-state index in [0.29, 0.717) is 22.9 Å². The summed E-state index contributed by atoms with van der Waals surface area (Å²) in [5.74, 6) is 1.91. The quantitative estimate of drug-likeness (QED) is 0.631. The zero-order chi connectivity index (χ0) is 18.8. The van der Waals surface area contributed by atoms with Gasteiger partial charge in [-0.15, -0.1) is 0 Å². The SMILES string of the molecule is COc1ccc(-c2c(-c3cc(Br)c(OC)c(OC)c3)ncn2C)cc1N. The molecule has 2 aromatic carbocycles. The molecule has 0 saturated carbocycles. The Bertz CT molecular complexity index is 953. The highest BCUT2D eigenvalue weighted by Gasteiger charge is 2.18. The number of nitrogen functional groups attached to an aromatic ring is 1. The second-order valence-electron chi connectivity index (χ2n) is 5.70. The standard InChI is InChI=1S/C19H20BrN3O3/c1-23-10-22-17(12-7-13(20)19(26-4)16(9-12)25-3)18(23)11-5-6-15(24-2)14(21)8-11/h5-10H,21H2,1-4H3. The predicted octanol–water partition coefficient (Wildman–Crippen LogP) is 4.12. The molecule has 0 spiro atoms. The lowest BCUT2D eigenvalue weighted by atomic mass is 10.0. The second-order valence-corrected chi connectivity index (χ2v) is 6.56. The zero-order valence-electron chi connectivity index (χ0n) is 15.0. The fourth-order valence-corrected chi connectivity index (χ4v) is 3.52. The van der Waals surface area contributed by atoms with Crippen molar-refractivity contribution in [2.45, 2.75) is 0 Å². The van der Waals surface area contributed by atoms with Gasteiger partial charge in [0, 0.05) is 18.2 Å². The van der Waals surface area contributed by atoms with Gasteiger partial charge in [0.05, 0.1) is 49.2 Å². The first-order valence-electron chi connectivity index (χ1n) is 7.87. The first-order chi connectivity index (χ1) is 12.5. The van der Waals surface area contributed by atoms with Crippen molar-refractivity contribution in [2.75, 3.05) is 27.1 Å². The molecule has 3 aromatic rings. The minimum Gasteiger partial charge on any atom is -0.495 e. The van der Waals surface area contributed by atoms with Gasteiger partial charge in [0.2, 0.25) is 0 Å². The van der Waals surface area contributed by atoms with Crippen molar-refractivity contribution in [3.05, 3.63) is 41.1 Å². The number of nitrogens with zero attached hydrogens (tertiary/aromatic N) is 2. The predicted molar refractivity (Wildman–Crippen MR) is 106 cm³/mol. The van der Waals surface area contributed by atoms with Gasteiger partial charge in [0.1, 0.15) is 5.75 Å². The van der Waals surface area contributed by atoms with Crippen LogP contribution in [0.4, 0.5) is 5.69 Å². The van der Waals surface area contributed by atoms with E-state index in [2.05, 4.69) is 20.9 Å². The monoisotopic (exact) mass is 417 g/mol. The highest BCUT2D eigenvalue weighted by Crippen LogP contribution is 2.41. The molecule has 1 heterocycles. The van der Waals surface area contributed by atoms with Crippen LogP contribution in [0.15, 0.2) is 41.1 Å². The first-order valence-corrected chi connectivity index (χ1v) is 8.66. The minimum atomic E-state index is 0.575. The number of benzene rings is 2. The van der Waals surface area contributed by atoms with Crippen LogP contribution >= 0.6 is 15.9 Å². The van der Waals surface area contributed by atoms with Crippen LogP contribution in [0.25, 0.3) is 22.5 Å². The summed E-state index contributed by atoms with van der Waals surface area (Å²) in [5.41, 5.74) is 10.3. The Balaban J connectivity index is 2.18. The van der Waals surface area contributed by atoms with Crippen LogP contribution < -0.4 is 19.9 Å². The van der Waals surface area contributed by atoms with Gasteiger partial charge in [-0.3, -0.25) is 0 Å². The highest BCUT2D eigenvalue weighted by molar-refractivity contribution is 9.10. The average molecular weight is 418 g/mol. The number of halogens is 1. The summed E-state index contributed by atoms with van der Waals surface area (Å²) in [5, 5.41) is 0. The molecule has 0 amide bonds. The van der Waals surface area contributed by atoms with Gasteiger partial charge in [-0.25, -0.2) is 4.98 Å². The summed E-state index contributed by atoms with van der Waals surface area (Å²) in [6, 6.07) is 9.56. The molecule has 0 unspecified atom stereocenters. The number of anilines is 1. The van der Waals surface area contributed by atoms with Crippen LogP contribution in [-0.2, 0) is 7.05 Å². The third-order valence-corrected chi connectivity index (χ3v) is 4.74. The lowest BCUT2D eigenvalue weighted by Crippen LogP contribution is -1.97. The van der Waals surface area contributed by atoms with E-state index in [1.807, 2.05) is 41.9 Å². The maximum atomic E-state index is 6.09. The number of ether oxygens (including phenoxy) is 3. The Morgan fingerprint density at radius 1 is 0.962 bits per heavy atom. The Hall–Kier alpha value is -2.67.